The second-order valence-corrected chi connectivity index (χ2v) is 5.82. The Balaban J connectivity index is 2.49. The SMILES string of the molecule is COC[C@@H](C)Nc1cc(-c2cc(C)c(=O)n(C)c2)ccc1[N+](=O)[O-]. The Morgan fingerprint density at radius 1 is 1.33 bits per heavy atom. The highest BCUT2D eigenvalue weighted by Crippen LogP contribution is 2.31. The van der Waals surface area contributed by atoms with E-state index in [1.54, 1.807) is 45.5 Å². The highest BCUT2D eigenvalue weighted by molar-refractivity contribution is 5.74. The van der Waals surface area contributed by atoms with Gasteiger partial charge < -0.3 is 14.6 Å². The molecule has 0 aliphatic rings. The summed E-state index contributed by atoms with van der Waals surface area (Å²) in [5.41, 5.74) is 2.61. The van der Waals surface area contributed by atoms with Gasteiger partial charge in [0.15, 0.2) is 0 Å². The minimum Gasteiger partial charge on any atom is -0.383 e. The van der Waals surface area contributed by atoms with Crippen LogP contribution < -0.4 is 10.9 Å². The average molecular weight is 331 g/mol. The zero-order valence-electron chi connectivity index (χ0n) is 14.2. The van der Waals surface area contributed by atoms with E-state index in [9.17, 15) is 14.9 Å². The third-order valence-corrected chi connectivity index (χ3v) is 3.71. The summed E-state index contributed by atoms with van der Waals surface area (Å²) in [4.78, 5) is 22.7. The Hall–Kier alpha value is -2.67. The maximum Gasteiger partial charge on any atom is 0.292 e. The van der Waals surface area contributed by atoms with Crippen LogP contribution in [0.15, 0.2) is 35.3 Å². The molecule has 128 valence electrons. The lowest BCUT2D eigenvalue weighted by Gasteiger charge is -2.15. The zero-order chi connectivity index (χ0) is 17.9. The maximum absolute atomic E-state index is 11.8. The first-order valence-corrected chi connectivity index (χ1v) is 7.55. The molecule has 0 aliphatic carbocycles. The predicted molar refractivity (Wildman–Crippen MR) is 93.5 cm³/mol. The fourth-order valence-electron chi connectivity index (χ4n) is 2.58. The van der Waals surface area contributed by atoms with Crippen LogP contribution in [-0.4, -0.2) is 29.2 Å². The molecule has 0 saturated heterocycles. The van der Waals surface area contributed by atoms with Gasteiger partial charge in [0.2, 0.25) is 0 Å². The molecule has 2 aromatic rings. The fourth-order valence-corrected chi connectivity index (χ4v) is 2.58. The molecule has 0 fully saturated rings. The Labute approximate surface area is 140 Å². The summed E-state index contributed by atoms with van der Waals surface area (Å²) >= 11 is 0. The molecule has 0 aliphatic heterocycles. The number of aryl methyl sites for hydroxylation is 2. The molecule has 0 bridgehead atoms. The van der Waals surface area contributed by atoms with Crippen LogP contribution in [0.2, 0.25) is 0 Å². The van der Waals surface area contributed by atoms with E-state index < -0.39 is 4.92 Å². The van der Waals surface area contributed by atoms with Crippen molar-refractivity contribution in [1.29, 1.82) is 0 Å². The number of benzene rings is 1. The van der Waals surface area contributed by atoms with Gasteiger partial charge in [-0.15, -0.1) is 0 Å². The van der Waals surface area contributed by atoms with Crippen LogP contribution in [0.25, 0.3) is 11.1 Å². The summed E-state index contributed by atoms with van der Waals surface area (Å²) in [5.74, 6) is 0. The number of nitrogens with one attached hydrogen (secondary N) is 1. The van der Waals surface area contributed by atoms with E-state index in [1.165, 1.54) is 10.6 Å². The minimum atomic E-state index is -0.419. The standard InChI is InChI=1S/C17H21N3O4/c1-11-7-14(9-19(3)17(11)21)13-5-6-16(20(22)23)15(8-13)18-12(2)10-24-4/h5-9,12,18H,10H2,1-4H3/t12-/m1/s1. The minimum absolute atomic E-state index is 0.00300. The fraction of sp³-hybridized carbons (Fsp3) is 0.353. The number of hydrogen-bond donors (Lipinski definition) is 1. The maximum atomic E-state index is 11.8. The van der Waals surface area contributed by atoms with Gasteiger partial charge in [-0.25, -0.2) is 0 Å². The molecule has 7 nitrogen and oxygen atoms in total. The van der Waals surface area contributed by atoms with Gasteiger partial charge in [-0.05, 0) is 43.2 Å². The van der Waals surface area contributed by atoms with Gasteiger partial charge in [0, 0.05) is 38.0 Å². The molecule has 0 unspecified atom stereocenters. The average Bonchev–Trinajstić information content (AvgIpc) is 2.52. The van der Waals surface area contributed by atoms with Gasteiger partial charge in [0.25, 0.3) is 11.2 Å². The first-order valence-electron chi connectivity index (χ1n) is 7.55. The normalized spacial score (nSPS) is 12.0. The number of methoxy groups -OCH3 is 1. The van der Waals surface area contributed by atoms with Crippen molar-refractivity contribution in [2.75, 3.05) is 19.0 Å². The number of anilines is 1. The molecule has 1 N–H and O–H groups in total. The molecule has 0 radical (unpaired) electrons. The number of nitrogens with zero attached hydrogens (tertiary/aromatic N) is 2. The molecule has 24 heavy (non-hydrogen) atoms. The Morgan fingerprint density at radius 2 is 2.04 bits per heavy atom. The third kappa shape index (κ3) is 3.80. The number of ether oxygens (including phenoxy) is 1. The summed E-state index contributed by atoms with van der Waals surface area (Å²) in [6.45, 7) is 4.06. The van der Waals surface area contributed by atoms with E-state index in [-0.39, 0.29) is 17.3 Å². The smallest absolute Gasteiger partial charge is 0.292 e. The second-order valence-electron chi connectivity index (χ2n) is 5.82. The molecular weight excluding hydrogens is 310 g/mol. The summed E-state index contributed by atoms with van der Waals surface area (Å²) in [5, 5.41) is 14.4. The van der Waals surface area contributed by atoms with Gasteiger partial charge in [-0.1, -0.05) is 0 Å². The Morgan fingerprint density at radius 3 is 2.62 bits per heavy atom. The molecule has 0 amide bonds. The van der Waals surface area contributed by atoms with Crippen molar-refractivity contribution in [3.63, 3.8) is 0 Å². The number of pyridine rings is 1. The van der Waals surface area contributed by atoms with Crippen molar-refractivity contribution in [3.05, 3.63) is 56.5 Å². The molecular formula is C17H21N3O4. The van der Waals surface area contributed by atoms with E-state index in [0.29, 0.717) is 17.9 Å². The highest BCUT2D eigenvalue weighted by Gasteiger charge is 2.17. The van der Waals surface area contributed by atoms with Crippen molar-refractivity contribution in [3.8, 4) is 11.1 Å². The van der Waals surface area contributed by atoms with E-state index >= 15 is 0 Å². The Kier molecular flexibility index (Phi) is 5.35. The van der Waals surface area contributed by atoms with Crippen LogP contribution in [0.3, 0.4) is 0 Å². The largest absolute Gasteiger partial charge is 0.383 e. The van der Waals surface area contributed by atoms with Gasteiger partial charge in [-0.2, -0.15) is 0 Å². The quantitative estimate of drug-likeness (QED) is 0.649. The lowest BCUT2D eigenvalue weighted by molar-refractivity contribution is -0.384. The van der Waals surface area contributed by atoms with Crippen LogP contribution >= 0.6 is 0 Å². The molecule has 1 atom stereocenters. The van der Waals surface area contributed by atoms with Crippen molar-refractivity contribution in [1.82, 2.24) is 4.57 Å². The number of nitro groups is 1. The molecule has 2 rings (SSSR count). The van der Waals surface area contributed by atoms with E-state index in [4.69, 9.17) is 4.74 Å². The van der Waals surface area contributed by atoms with E-state index in [1.807, 2.05) is 6.92 Å². The summed E-state index contributed by atoms with van der Waals surface area (Å²) in [7, 11) is 3.26. The van der Waals surface area contributed by atoms with Gasteiger partial charge in [0.1, 0.15) is 5.69 Å². The molecule has 0 saturated carbocycles. The van der Waals surface area contributed by atoms with Crippen LogP contribution in [0.1, 0.15) is 12.5 Å². The van der Waals surface area contributed by atoms with E-state index in [0.717, 1.165) is 11.1 Å². The first-order chi connectivity index (χ1) is 11.3. The molecule has 0 spiro atoms. The van der Waals surface area contributed by atoms with Crippen LogP contribution in [-0.2, 0) is 11.8 Å². The molecule has 7 heteroatoms. The molecule has 1 aromatic heterocycles. The molecule has 1 heterocycles. The van der Waals surface area contributed by atoms with Gasteiger partial charge in [0.05, 0.1) is 11.5 Å². The zero-order valence-corrected chi connectivity index (χ0v) is 14.2. The van der Waals surface area contributed by atoms with Gasteiger partial charge in [-0.3, -0.25) is 14.9 Å². The summed E-state index contributed by atoms with van der Waals surface area (Å²) < 4.78 is 6.57. The van der Waals surface area contributed by atoms with E-state index in [2.05, 4.69) is 5.32 Å². The number of rotatable bonds is 6. The van der Waals surface area contributed by atoms with Crippen molar-refractivity contribution in [2.45, 2.75) is 19.9 Å². The first kappa shape index (κ1) is 17.7. The number of aromatic nitrogens is 1. The lowest BCUT2D eigenvalue weighted by Crippen LogP contribution is -2.21. The number of nitro benzene ring substituents is 1. The van der Waals surface area contributed by atoms with Gasteiger partial charge >= 0.3 is 0 Å². The monoisotopic (exact) mass is 331 g/mol. The topological polar surface area (TPSA) is 86.4 Å². The third-order valence-electron chi connectivity index (χ3n) is 3.71. The number of hydrogen-bond acceptors (Lipinski definition) is 5. The summed E-state index contributed by atoms with van der Waals surface area (Å²) in [6.07, 6.45) is 1.72. The second kappa shape index (κ2) is 7.27. The molecule has 1 aromatic carbocycles. The van der Waals surface area contributed by atoms with Crippen molar-refractivity contribution < 1.29 is 9.66 Å². The lowest BCUT2D eigenvalue weighted by atomic mass is 10.0. The van der Waals surface area contributed by atoms with Crippen molar-refractivity contribution in [2.24, 2.45) is 7.05 Å². The van der Waals surface area contributed by atoms with Crippen LogP contribution in [0.4, 0.5) is 11.4 Å². The highest BCUT2D eigenvalue weighted by atomic mass is 16.6. The van der Waals surface area contributed by atoms with Crippen molar-refractivity contribution >= 4 is 11.4 Å². The van der Waals surface area contributed by atoms with Crippen LogP contribution in [0, 0.1) is 17.0 Å². The van der Waals surface area contributed by atoms with Crippen LogP contribution in [0.5, 0.6) is 0 Å². The summed E-state index contributed by atoms with van der Waals surface area (Å²) in [6, 6.07) is 6.59. The Bertz CT molecular complexity index is 788. The predicted octanol–water partition coefficient (Wildman–Crippen LogP) is 2.72.